The third kappa shape index (κ3) is 4.38. The van der Waals surface area contributed by atoms with E-state index in [1.54, 1.807) is 0 Å². The molecule has 1 aromatic rings. The molecule has 3 nitrogen and oxygen atoms in total. The second-order valence-corrected chi connectivity index (χ2v) is 6.26. The molecule has 0 bridgehead atoms. The van der Waals surface area contributed by atoms with Gasteiger partial charge in [-0.3, -0.25) is 0 Å². The number of thiophene rings is 1. The molecule has 17 heavy (non-hydrogen) atoms. The SMILES string of the molecule is CCCCc1cc(C(=O)OC(C)(C)C)c(N)s1. The second-order valence-electron chi connectivity index (χ2n) is 5.10. The zero-order chi connectivity index (χ0) is 13.1. The zero-order valence-electron chi connectivity index (χ0n) is 11.0. The minimum absolute atomic E-state index is 0.325. The lowest BCUT2D eigenvalue weighted by Gasteiger charge is -2.19. The van der Waals surface area contributed by atoms with E-state index in [4.69, 9.17) is 10.5 Å². The standard InChI is InChI=1S/C13H21NO2S/c1-5-6-7-9-8-10(11(14)17-9)12(15)16-13(2,3)4/h8H,5-7,14H2,1-4H3. The van der Waals surface area contributed by atoms with Gasteiger partial charge in [0.2, 0.25) is 0 Å². The van der Waals surface area contributed by atoms with Crippen LogP contribution in [0.1, 0.15) is 55.8 Å². The van der Waals surface area contributed by atoms with Gasteiger partial charge in [-0.2, -0.15) is 0 Å². The van der Waals surface area contributed by atoms with Crippen LogP contribution in [-0.2, 0) is 11.2 Å². The average Bonchev–Trinajstić information content (AvgIpc) is 2.54. The minimum Gasteiger partial charge on any atom is -0.456 e. The highest BCUT2D eigenvalue weighted by Gasteiger charge is 2.21. The maximum Gasteiger partial charge on any atom is 0.341 e. The first-order valence-electron chi connectivity index (χ1n) is 5.95. The van der Waals surface area contributed by atoms with Crippen LogP contribution in [0.25, 0.3) is 0 Å². The zero-order valence-corrected chi connectivity index (χ0v) is 11.8. The van der Waals surface area contributed by atoms with Crippen molar-refractivity contribution in [1.82, 2.24) is 0 Å². The van der Waals surface area contributed by atoms with Crippen molar-refractivity contribution in [2.75, 3.05) is 5.73 Å². The number of nitrogen functional groups attached to an aromatic ring is 1. The smallest absolute Gasteiger partial charge is 0.341 e. The van der Waals surface area contributed by atoms with Gasteiger partial charge >= 0.3 is 5.97 Å². The fraction of sp³-hybridized carbons (Fsp3) is 0.615. The van der Waals surface area contributed by atoms with Gasteiger partial charge in [-0.25, -0.2) is 4.79 Å². The summed E-state index contributed by atoms with van der Waals surface area (Å²) >= 11 is 1.49. The van der Waals surface area contributed by atoms with Crippen molar-refractivity contribution in [1.29, 1.82) is 0 Å². The Morgan fingerprint density at radius 2 is 2.12 bits per heavy atom. The first-order chi connectivity index (χ1) is 7.83. The molecule has 1 aromatic heterocycles. The lowest BCUT2D eigenvalue weighted by Crippen LogP contribution is -2.24. The van der Waals surface area contributed by atoms with Gasteiger partial charge in [-0.05, 0) is 39.7 Å². The predicted octanol–water partition coefficient (Wildman–Crippen LogP) is 3.63. The Bertz CT molecular complexity index is 391. The second kappa shape index (κ2) is 5.54. The Morgan fingerprint density at radius 3 is 2.65 bits per heavy atom. The van der Waals surface area contributed by atoms with E-state index in [0.717, 1.165) is 24.1 Å². The normalized spacial score (nSPS) is 11.5. The van der Waals surface area contributed by atoms with E-state index in [-0.39, 0.29) is 5.97 Å². The third-order valence-corrected chi connectivity index (χ3v) is 3.23. The van der Waals surface area contributed by atoms with E-state index in [0.29, 0.717) is 10.6 Å². The van der Waals surface area contributed by atoms with E-state index in [9.17, 15) is 4.79 Å². The van der Waals surface area contributed by atoms with Gasteiger partial charge < -0.3 is 10.5 Å². The average molecular weight is 255 g/mol. The van der Waals surface area contributed by atoms with Crippen LogP contribution in [0.15, 0.2) is 6.07 Å². The van der Waals surface area contributed by atoms with E-state index < -0.39 is 5.60 Å². The lowest BCUT2D eigenvalue weighted by atomic mass is 10.2. The lowest BCUT2D eigenvalue weighted by molar-refractivity contribution is 0.00712. The number of hydrogen-bond donors (Lipinski definition) is 1. The van der Waals surface area contributed by atoms with E-state index in [2.05, 4.69) is 6.92 Å². The Kier molecular flexibility index (Phi) is 4.57. The van der Waals surface area contributed by atoms with E-state index >= 15 is 0 Å². The fourth-order valence-electron chi connectivity index (χ4n) is 1.42. The molecule has 0 radical (unpaired) electrons. The summed E-state index contributed by atoms with van der Waals surface area (Å²) in [5, 5.41) is 0.561. The van der Waals surface area contributed by atoms with Gasteiger partial charge in [-0.1, -0.05) is 13.3 Å². The number of hydrogen-bond acceptors (Lipinski definition) is 4. The summed E-state index contributed by atoms with van der Waals surface area (Å²) in [6.45, 7) is 7.70. The minimum atomic E-state index is -0.477. The largest absolute Gasteiger partial charge is 0.456 e. The van der Waals surface area contributed by atoms with E-state index in [1.807, 2.05) is 26.8 Å². The molecule has 0 unspecified atom stereocenters. The predicted molar refractivity (Wildman–Crippen MR) is 72.5 cm³/mol. The number of unbranched alkanes of at least 4 members (excludes halogenated alkanes) is 1. The summed E-state index contributed by atoms with van der Waals surface area (Å²) in [6.07, 6.45) is 3.24. The van der Waals surface area contributed by atoms with Crippen LogP contribution in [0.2, 0.25) is 0 Å². The summed E-state index contributed by atoms with van der Waals surface area (Å²) in [5.74, 6) is -0.325. The highest BCUT2D eigenvalue weighted by Crippen LogP contribution is 2.28. The molecule has 0 aliphatic rings. The Labute approximate surface area is 107 Å². The molecular formula is C13H21NO2S. The van der Waals surface area contributed by atoms with Crippen LogP contribution in [0.5, 0.6) is 0 Å². The van der Waals surface area contributed by atoms with Crippen molar-refractivity contribution in [3.63, 3.8) is 0 Å². The van der Waals surface area contributed by atoms with Crippen LogP contribution >= 0.6 is 11.3 Å². The van der Waals surface area contributed by atoms with Crippen molar-refractivity contribution in [2.45, 2.75) is 52.6 Å². The summed E-state index contributed by atoms with van der Waals surface area (Å²) in [6, 6.07) is 1.86. The molecular weight excluding hydrogens is 234 g/mol. The highest BCUT2D eigenvalue weighted by molar-refractivity contribution is 7.16. The van der Waals surface area contributed by atoms with Gasteiger partial charge in [-0.15, -0.1) is 11.3 Å². The third-order valence-electron chi connectivity index (χ3n) is 2.21. The van der Waals surface area contributed by atoms with Gasteiger partial charge in [0.05, 0.1) is 5.56 Å². The summed E-state index contributed by atoms with van der Waals surface area (Å²) < 4.78 is 5.31. The van der Waals surface area contributed by atoms with Crippen molar-refractivity contribution >= 4 is 22.3 Å². The van der Waals surface area contributed by atoms with Gasteiger partial charge in [0, 0.05) is 4.88 Å². The molecule has 0 aliphatic carbocycles. The van der Waals surface area contributed by atoms with Crippen LogP contribution in [0, 0.1) is 0 Å². The van der Waals surface area contributed by atoms with Crippen LogP contribution < -0.4 is 5.73 Å². The molecule has 0 aliphatic heterocycles. The fourth-order valence-corrected chi connectivity index (χ4v) is 2.38. The molecule has 0 fully saturated rings. The molecule has 4 heteroatoms. The van der Waals surface area contributed by atoms with Crippen molar-refractivity contribution < 1.29 is 9.53 Å². The summed E-state index contributed by atoms with van der Waals surface area (Å²) in [5.41, 5.74) is 5.88. The van der Waals surface area contributed by atoms with E-state index in [1.165, 1.54) is 11.3 Å². The van der Waals surface area contributed by atoms with Crippen LogP contribution in [0.4, 0.5) is 5.00 Å². The maximum absolute atomic E-state index is 11.9. The monoisotopic (exact) mass is 255 g/mol. The number of esters is 1. The Morgan fingerprint density at radius 1 is 1.47 bits per heavy atom. The van der Waals surface area contributed by atoms with Crippen molar-refractivity contribution in [2.24, 2.45) is 0 Å². The molecule has 0 saturated carbocycles. The number of anilines is 1. The molecule has 0 amide bonds. The molecule has 0 saturated heterocycles. The number of nitrogens with two attached hydrogens (primary N) is 1. The maximum atomic E-state index is 11.9. The molecule has 96 valence electrons. The van der Waals surface area contributed by atoms with Crippen LogP contribution in [0.3, 0.4) is 0 Å². The number of carbonyl (C=O) groups excluding carboxylic acids is 1. The number of carbonyl (C=O) groups is 1. The van der Waals surface area contributed by atoms with Gasteiger partial charge in [0.1, 0.15) is 10.6 Å². The first-order valence-corrected chi connectivity index (χ1v) is 6.76. The number of aryl methyl sites for hydroxylation is 1. The quantitative estimate of drug-likeness (QED) is 0.836. The van der Waals surface area contributed by atoms with Crippen LogP contribution in [-0.4, -0.2) is 11.6 Å². The van der Waals surface area contributed by atoms with Crippen molar-refractivity contribution in [3.05, 3.63) is 16.5 Å². The van der Waals surface area contributed by atoms with Gasteiger partial charge in [0.25, 0.3) is 0 Å². The molecule has 1 heterocycles. The first kappa shape index (κ1) is 14.0. The summed E-state index contributed by atoms with van der Waals surface area (Å²) in [4.78, 5) is 13.0. The summed E-state index contributed by atoms with van der Waals surface area (Å²) in [7, 11) is 0. The molecule has 0 aromatic carbocycles. The topological polar surface area (TPSA) is 52.3 Å². The molecule has 0 spiro atoms. The Balaban J connectivity index is 2.77. The van der Waals surface area contributed by atoms with Gasteiger partial charge in [0.15, 0.2) is 0 Å². The number of rotatable bonds is 4. The molecule has 0 atom stereocenters. The highest BCUT2D eigenvalue weighted by atomic mass is 32.1. The number of ether oxygens (including phenoxy) is 1. The molecule has 1 rings (SSSR count). The molecule has 2 N–H and O–H groups in total. The Hall–Kier alpha value is -1.03. The van der Waals surface area contributed by atoms with Crippen molar-refractivity contribution in [3.8, 4) is 0 Å².